The van der Waals surface area contributed by atoms with Gasteiger partial charge in [-0.3, -0.25) is 0 Å². The van der Waals surface area contributed by atoms with Gasteiger partial charge in [-0.25, -0.2) is 4.39 Å². The van der Waals surface area contributed by atoms with E-state index >= 15 is 0 Å². The van der Waals surface area contributed by atoms with Gasteiger partial charge in [-0.05, 0) is 19.0 Å². The molecule has 1 aromatic carbocycles. The third-order valence-corrected chi connectivity index (χ3v) is 2.07. The van der Waals surface area contributed by atoms with Crippen molar-refractivity contribution in [1.29, 1.82) is 0 Å². The SMILES string of the molecule is COc1cc(F)ccc1[C@@H](N)CCN. The number of benzene rings is 1. The molecule has 1 rings (SSSR count). The fourth-order valence-electron chi connectivity index (χ4n) is 1.33. The molecule has 0 aliphatic rings. The normalized spacial score (nSPS) is 12.6. The molecule has 0 spiro atoms. The van der Waals surface area contributed by atoms with E-state index in [2.05, 4.69) is 0 Å². The Kier molecular flexibility index (Phi) is 3.85. The summed E-state index contributed by atoms with van der Waals surface area (Å²) >= 11 is 0. The van der Waals surface area contributed by atoms with Gasteiger partial charge < -0.3 is 16.2 Å². The molecule has 3 nitrogen and oxygen atoms in total. The molecule has 0 aromatic heterocycles. The minimum absolute atomic E-state index is 0.199. The Morgan fingerprint density at radius 1 is 1.50 bits per heavy atom. The van der Waals surface area contributed by atoms with Crippen LogP contribution in [0.2, 0.25) is 0 Å². The number of hydrogen-bond donors (Lipinski definition) is 2. The molecule has 0 saturated heterocycles. The summed E-state index contributed by atoms with van der Waals surface area (Å²) in [5.41, 5.74) is 12.0. The standard InChI is InChI=1S/C10H15FN2O/c1-14-10-6-7(11)2-3-8(10)9(13)4-5-12/h2-3,6,9H,4-5,12-13H2,1H3/t9-/m0/s1. The number of nitrogens with two attached hydrogens (primary N) is 2. The number of rotatable bonds is 4. The van der Waals surface area contributed by atoms with Gasteiger partial charge in [0.15, 0.2) is 0 Å². The monoisotopic (exact) mass is 198 g/mol. The molecule has 0 heterocycles. The zero-order valence-electron chi connectivity index (χ0n) is 8.16. The van der Waals surface area contributed by atoms with Crippen LogP contribution in [0, 0.1) is 5.82 Å². The van der Waals surface area contributed by atoms with Crippen molar-refractivity contribution in [1.82, 2.24) is 0 Å². The van der Waals surface area contributed by atoms with E-state index in [-0.39, 0.29) is 11.9 Å². The highest BCUT2D eigenvalue weighted by Crippen LogP contribution is 2.25. The van der Waals surface area contributed by atoms with Gasteiger partial charge in [-0.2, -0.15) is 0 Å². The predicted molar refractivity (Wildman–Crippen MR) is 53.6 cm³/mol. The quantitative estimate of drug-likeness (QED) is 0.763. The Bertz CT molecular complexity index is 304. The van der Waals surface area contributed by atoms with Crippen LogP contribution in [-0.4, -0.2) is 13.7 Å². The first kappa shape index (κ1) is 10.9. The first-order valence-electron chi connectivity index (χ1n) is 4.48. The lowest BCUT2D eigenvalue weighted by atomic mass is 10.0. The lowest BCUT2D eigenvalue weighted by Crippen LogP contribution is -2.16. The van der Waals surface area contributed by atoms with Crippen LogP contribution in [0.1, 0.15) is 18.0 Å². The lowest BCUT2D eigenvalue weighted by molar-refractivity contribution is 0.401. The topological polar surface area (TPSA) is 61.3 Å². The van der Waals surface area contributed by atoms with Crippen LogP contribution in [0.5, 0.6) is 5.75 Å². The molecule has 78 valence electrons. The van der Waals surface area contributed by atoms with Gasteiger partial charge in [0.05, 0.1) is 7.11 Å². The van der Waals surface area contributed by atoms with E-state index in [1.165, 1.54) is 19.2 Å². The van der Waals surface area contributed by atoms with Crippen molar-refractivity contribution in [3.05, 3.63) is 29.6 Å². The molecule has 0 fully saturated rings. The molecule has 0 amide bonds. The van der Waals surface area contributed by atoms with Crippen molar-refractivity contribution in [3.63, 3.8) is 0 Å². The van der Waals surface area contributed by atoms with Gasteiger partial charge in [-0.15, -0.1) is 0 Å². The maximum absolute atomic E-state index is 12.8. The summed E-state index contributed by atoms with van der Waals surface area (Å²) in [4.78, 5) is 0. The van der Waals surface area contributed by atoms with Crippen LogP contribution in [0.3, 0.4) is 0 Å². The second-order valence-corrected chi connectivity index (χ2v) is 3.07. The van der Waals surface area contributed by atoms with Crippen molar-refractivity contribution < 1.29 is 9.13 Å². The molecule has 0 aliphatic heterocycles. The van der Waals surface area contributed by atoms with Crippen molar-refractivity contribution >= 4 is 0 Å². The van der Waals surface area contributed by atoms with E-state index < -0.39 is 0 Å². The Labute approximate surface area is 82.9 Å². The van der Waals surface area contributed by atoms with Crippen LogP contribution in [0.25, 0.3) is 0 Å². The molecule has 1 atom stereocenters. The highest BCUT2D eigenvalue weighted by Gasteiger charge is 2.11. The fraction of sp³-hybridized carbons (Fsp3) is 0.400. The molecular formula is C10H15FN2O. The molecule has 1 aromatic rings. The van der Waals surface area contributed by atoms with Crippen LogP contribution in [0.15, 0.2) is 18.2 Å². The maximum Gasteiger partial charge on any atom is 0.126 e. The van der Waals surface area contributed by atoms with Crippen molar-refractivity contribution in [3.8, 4) is 5.75 Å². The minimum Gasteiger partial charge on any atom is -0.496 e. The van der Waals surface area contributed by atoms with Gasteiger partial charge in [0.2, 0.25) is 0 Å². The number of halogens is 1. The highest BCUT2D eigenvalue weighted by atomic mass is 19.1. The molecule has 0 saturated carbocycles. The minimum atomic E-state index is -0.328. The molecule has 0 radical (unpaired) electrons. The summed E-state index contributed by atoms with van der Waals surface area (Å²) in [5.74, 6) is 0.150. The Morgan fingerprint density at radius 2 is 2.21 bits per heavy atom. The zero-order valence-corrected chi connectivity index (χ0v) is 8.16. The first-order valence-corrected chi connectivity index (χ1v) is 4.48. The van der Waals surface area contributed by atoms with Crippen molar-refractivity contribution in [2.45, 2.75) is 12.5 Å². The number of hydrogen-bond acceptors (Lipinski definition) is 3. The van der Waals surface area contributed by atoms with Crippen LogP contribution in [-0.2, 0) is 0 Å². The summed E-state index contributed by atoms with van der Waals surface area (Å²) < 4.78 is 17.9. The van der Waals surface area contributed by atoms with Gasteiger partial charge in [0.25, 0.3) is 0 Å². The van der Waals surface area contributed by atoms with E-state index in [1.807, 2.05) is 0 Å². The first-order chi connectivity index (χ1) is 6.69. The predicted octanol–water partition coefficient (Wildman–Crippen LogP) is 1.18. The number of ether oxygens (including phenoxy) is 1. The molecule has 4 heteroatoms. The molecule has 4 N–H and O–H groups in total. The molecule has 14 heavy (non-hydrogen) atoms. The van der Waals surface area contributed by atoms with Gasteiger partial charge in [0.1, 0.15) is 11.6 Å². The van der Waals surface area contributed by atoms with Crippen LogP contribution in [0.4, 0.5) is 4.39 Å². The van der Waals surface area contributed by atoms with E-state index in [9.17, 15) is 4.39 Å². The highest BCUT2D eigenvalue weighted by molar-refractivity contribution is 5.36. The van der Waals surface area contributed by atoms with Crippen LogP contribution < -0.4 is 16.2 Å². The van der Waals surface area contributed by atoms with Crippen LogP contribution >= 0.6 is 0 Å². The summed E-state index contributed by atoms with van der Waals surface area (Å²) in [7, 11) is 1.49. The van der Waals surface area contributed by atoms with E-state index in [1.54, 1.807) is 6.07 Å². The summed E-state index contributed by atoms with van der Waals surface area (Å²) in [5, 5.41) is 0. The van der Waals surface area contributed by atoms with Crippen molar-refractivity contribution in [2.24, 2.45) is 11.5 Å². The molecule has 0 bridgehead atoms. The summed E-state index contributed by atoms with van der Waals surface area (Å²) in [6.45, 7) is 0.502. The maximum atomic E-state index is 12.8. The van der Waals surface area contributed by atoms with Gasteiger partial charge in [0, 0.05) is 17.7 Å². The Hall–Kier alpha value is -1.13. The zero-order chi connectivity index (χ0) is 10.6. The second kappa shape index (κ2) is 4.93. The fourth-order valence-corrected chi connectivity index (χ4v) is 1.33. The third-order valence-electron chi connectivity index (χ3n) is 2.07. The summed E-state index contributed by atoms with van der Waals surface area (Å²) in [6, 6.07) is 4.13. The average Bonchev–Trinajstić information content (AvgIpc) is 2.17. The summed E-state index contributed by atoms with van der Waals surface area (Å²) in [6.07, 6.45) is 0.655. The average molecular weight is 198 g/mol. The van der Waals surface area contributed by atoms with Crippen molar-refractivity contribution in [2.75, 3.05) is 13.7 Å². The molecular weight excluding hydrogens is 183 g/mol. The van der Waals surface area contributed by atoms with E-state index in [4.69, 9.17) is 16.2 Å². The Morgan fingerprint density at radius 3 is 2.79 bits per heavy atom. The molecule has 0 aliphatic carbocycles. The Balaban J connectivity index is 2.95. The smallest absolute Gasteiger partial charge is 0.126 e. The largest absolute Gasteiger partial charge is 0.496 e. The van der Waals surface area contributed by atoms with E-state index in [0.29, 0.717) is 18.7 Å². The van der Waals surface area contributed by atoms with Gasteiger partial charge >= 0.3 is 0 Å². The third kappa shape index (κ3) is 2.43. The van der Waals surface area contributed by atoms with Gasteiger partial charge in [-0.1, -0.05) is 6.07 Å². The number of methoxy groups -OCH3 is 1. The lowest BCUT2D eigenvalue weighted by Gasteiger charge is -2.14. The molecule has 0 unspecified atom stereocenters. The second-order valence-electron chi connectivity index (χ2n) is 3.07. The van der Waals surface area contributed by atoms with E-state index in [0.717, 1.165) is 5.56 Å².